The molecule has 166 valence electrons. The van der Waals surface area contributed by atoms with Crippen LogP contribution >= 0.6 is 0 Å². The van der Waals surface area contributed by atoms with E-state index in [0.29, 0.717) is 19.3 Å². The summed E-state index contributed by atoms with van der Waals surface area (Å²) in [7, 11) is 1.40. The smallest absolute Gasteiger partial charge is 0.305 e. The lowest BCUT2D eigenvalue weighted by molar-refractivity contribution is -0.148. The van der Waals surface area contributed by atoms with Gasteiger partial charge in [0.25, 0.3) is 0 Å². The highest BCUT2D eigenvalue weighted by Crippen LogP contribution is 2.46. The second-order valence-electron chi connectivity index (χ2n) is 8.27. The molecule has 6 nitrogen and oxygen atoms in total. The monoisotopic (exact) mass is 418 g/mol. The van der Waals surface area contributed by atoms with Crippen molar-refractivity contribution in [3.05, 3.63) is 12.2 Å². The van der Waals surface area contributed by atoms with E-state index < -0.39 is 0 Å². The van der Waals surface area contributed by atoms with Crippen molar-refractivity contribution in [1.82, 2.24) is 0 Å². The number of allylic oxidation sites excluding steroid dienone is 1. The number of rotatable bonds is 10. The molecule has 6 heteroatoms. The van der Waals surface area contributed by atoms with E-state index in [4.69, 9.17) is 9.47 Å². The summed E-state index contributed by atoms with van der Waals surface area (Å²) < 4.78 is 16.4. The third kappa shape index (κ3) is 6.98. The largest absolute Gasteiger partial charge is 0.469 e. The molecule has 1 aliphatic heterocycles. The van der Waals surface area contributed by atoms with Gasteiger partial charge >= 0.3 is 11.9 Å². The van der Waals surface area contributed by atoms with Gasteiger partial charge < -0.3 is 14.2 Å². The first-order valence-corrected chi connectivity index (χ1v) is 10.9. The van der Waals surface area contributed by atoms with E-state index in [1.807, 2.05) is 13.0 Å². The van der Waals surface area contributed by atoms with Crippen LogP contribution in [0.1, 0.15) is 65.7 Å². The SMILES string of the molecule is CC#CCC(C)C(=O)/C=C/[C@@H]1[C@H]2C[C@H](CCCCC(=O)OC)O[C@H]2C[C@H]1OC(C)=O. The average Bonchev–Trinajstić information content (AvgIpc) is 3.23. The van der Waals surface area contributed by atoms with Crippen molar-refractivity contribution >= 4 is 17.7 Å². The number of ether oxygens (including phenoxy) is 3. The van der Waals surface area contributed by atoms with Gasteiger partial charge in [0.2, 0.25) is 0 Å². The van der Waals surface area contributed by atoms with Crippen LogP contribution in [-0.2, 0) is 28.6 Å². The van der Waals surface area contributed by atoms with E-state index in [1.165, 1.54) is 14.0 Å². The third-order valence-corrected chi connectivity index (χ3v) is 6.02. The summed E-state index contributed by atoms with van der Waals surface area (Å²) in [6.07, 6.45) is 8.56. The maximum atomic E-state index is 12.4. The van der Waals surface area contributed by atoms with Gasteiger partial charge in [0.1, 0.15) is 6.10 Å². The van der Waals surface area contributed by atoms with Gasteiger partial charge in [0.05, 0.1) is 19.3 Å². The Hall–Kier alpha value is -2.13. The summed E-state index contributed by atoms with van der Waals surface area (Å²) in [5.41, 5.74) is 0. The minimum Gasteiger partial charge on any atom is -0.469 e. The molecule has 2 aliphatic rings. The molecule has 0 aromatic carbocycles. The van der Waals surface area contributed by atoms with E-state index in [0.717, 1.165) is 25.7 Å². The molecule has 30 heavy (non-hydrogen) atoms. The summed E-state index contributed by atoms with van der Waals surface area (Å²) in [5.74, 6) is 5.37. The number of hydrogen-bond donors (Lipinski definition) is 0. The van der Waals surface area contributed by atoms with Gasteiger partial charge in [-0.15, -0.1) is 11.8 Å². The standard InChI is InChI=1S/C24H34O6/c1-5-6-9-16(2)21(26)13-12-19-20-14-18(10-7-8-11-24(27)28-4)30-23(20)15-22(19)29-17(3)25/h12-13,16,18-20,22-23H,7-11,14-15H2,1-4H3/b13-12+/t16?,18-,19+,20+,22+,23-/m0/s1. The fourth-order valence-electron chi connectivity index (χ4n) is 4.42. The molecule has 0 aromatic rings. The van der Waals surface area contributed by atoms with Gasteiger partial charge in [-0.2, -0.15) is 0 Å². The Kier molecular flexibility index (Phi) is 9.58. The topological polar surface area (TPSA) is 78.9 Å². The molecule has 1 saturated heterocycles. The molecule has 0 aromatic heterocycles. The predicted molar refractivity (Wildman–Crippen MR) is 112 cm³/mol. The first kappa shape index (κ1) is 24.1. The average molecular weight is 419 g/mol. The Labute approximate surface area is 179 Å². The molecule has 0 radical (unpaired) electrons. The summed E-state index contributed by atoms with van der Waals surface area (Å²) in [5, 5.41) is 0. The Morgan fingerprint density at radius 3 is 2.67 bits per heavy atom. The van der Waals surface area contributed by atoms with E-state index >= 15 is 0 Å². The molecule has 6 atom stereocenters. The van der Waals surface area contributed by atoms with Crippen LogP contribution in [0.5, 0.6) is 0 Å². The number of fused-ring (bicyclic) bond motifs is 1. The zero-order valence-electron chi connectivity index (χ0n) is 18.5. The molecule has 0 bridgehead atoms. The zero-order valence-corrected chi connectivity index (χ0v) is 18.5. The number of carbonyl (C=O) groups excluding carboxylic acids is 3. The number of methoxy groups -OCH3 is 1. The van der Waals surface area contributed by atoms with Crippen molar-refractivity contribution in [2.75, 3.05) is 7.11 Å². The lowest BCUT2D eigenvalue weighted by atomic mass is 9.88. The molecule has 1 saturated carbocycles. The van der Waals surface area contributed by atoms with Gasteiger partial charge in [-0.25, -0.2) is 0 Å². The Morgan fingerprint density at radius 2 is 2.00 bits per heavy atom. The van der Waals surface area contributed by atoms with Gasteiger partial charge in [0.15, 0.2) is 5.78 Å². The fraction of sp³-hybridized carbons (Fsp3) is 0.708. The highest BCUT2D eigenvalue weighted by Gasteiger charge is 2.49. The minimum absolute atomic E-state index is 0.0209. The second-order valence-corrected chi connectivity index (χ2v) is 8.27. The number of esters is 2. The van der Waals surface area contributed by atoms with Crippen LogP contribution < -0.4 is 0 Å². The van der Waals surface area contributed by atoms with E-state index in [9.17, 15) is 14.4 Å². The van der Waals surface area contributed by atoms with E-state index in [-0.39, 0.29) is 53.8 Å². The molecular weight excluding hydrogens is 384 g/mol. The predicted octanol–water partition coefficient (Wildman–Crippen LogP) is 3.62. The molecule has 1 heterocycles. The van der Waals surface area contributed by atoms with E-state index in [1.54, 1.807) is 13.0 Å². The zero-order chi connectivity index (χ0) is 22.1. The molecule has 1 aliphatic carbocycles. The quantitative estimate of drug-likeness (QED) is 0.233. The summed E-state index contributed by atoms with van der Waals surface area (Å²) in [4.78, 5) is 35.2. The third-order valence-electron chi connectivity index (χ3n) is 6.02. The van der Waals surface area contributed by atoms with Crippen LogP contribution in [0.25, 0.3) is 0 Å². The van der Waals surface area contributed by atoms with Crippen LogP contribution in [-0.4, -0.2) is 43.1 Å². The number of unbranched alkanes of at least 4 members (excludes halogenated alkanes) is 1. The van der Waals surface area contributed by atoms with Crippen LogP contribution in [0.4, 0.5) is 0 Å². The molecule has 1 unspecified atom stereocenters. The summed E-state index contributed by atoms with van der Waals surface area (Å²) in [6, 6.07) is 0. The minimum atomic E-state index is -0.310. The van der Waals surface area contributed by atoms with Crippen LogP contribution in [0, 0.1) is 29.6 Å². The van der Waals surface area contributed by atoms with Crippen LogP contribution in [0.15, 0.2) is 12.2 Å². The maximum absolute atomic E-state index is 12.4. The van der Waals surface area contributed by atoms with Crippen LogP contribution in [0.3, 0.4) is 0 Å². The Balaban J connectivity index is 1.95. The van der Waals surface area contributed by atoms with Crippen molar-refractivity contribution < 1.29 is 28.6 Å². The highest BCUT2D eigenvalue weighted by molar-refractivity contribution is 5.91. The second kappa shape index (κ2) is 11.9. The van der Waals surface area contributed by atoms with Crippen LogP contribution in [0.2, 0.25) is 0 Å². The molecule has 0 spiro atoms. The lowest BCUT2D eigenvalue weighted by Crippen LogP contribution is -2.24. The first-order chi connectivity index (χ1) is 14.3. The molecule has 0 amide bonds. The van der Waals surface area contributed by atoms with Crippen molar-refractivity contribution in [2.45, 2.75) is 84.0 Å². The van der Waals surface area contributed by atoms with Gasteiger partial charge in [0, 0.05) is 38.0 Å². The number of hydrogen-bond acceptors (Lipinski definition) is 6. The summed E-state index contributed by atoms with van der Waals surface area (Å²) in [6.45, 7) is 5.05. The van der Waals surface area contributed by atoms with Crippen molar-refractivity contribution in [3.8, 4) is 11.8 Å². The molecule has 2 fully saturated rings. The highest BCUT2D eigenvalue weighted by atomic mass is 16.6. The van der Waals surface area contributed by atoms with Crippen molar-refractivity contribution in [1.29, 1.82) is 0 Å². The van der Waals surface area contributed by atoms with Gasteiger partial charge in [-0.1, -0.05) is 19.4 Å². The molecule has 2 rings (SSSR count). The van der Waals surface area contributed by atoms with Gasteiger partial charge in [-0.05, 0) is 38.2 Å². The molecule has 0 N–H and O–H groups in total. The van der Waals surface area contributed by atoms with Crippen molar-refractivity contribution in [2.24, 2.45) is 17.8 Å². The Bertz CT molecular complexity index is 700. The lowest BCUT2D eigenvalue weighted by Gasteiger charge is -2.21. The van der Waals surface area contributed by atoms with E-state index in [2.05, 4.69) is 16.6 Å². The normalized spacial score (nSPS) is 28.5. The van der Waals surface area contributed by atoms with Gasteiger partial charge in [-0.3, -0.25) is 14.4 Å². The first-order valence-electron chi connectivity index (χ1n) is 10.9. The Morgan fingerprint density at radius 1 is 1.23 bits per heavy atom. The number of ketones is 1. The number of carbonyl (C=O) groups is 3. The summed E-state index contributed by atoms with van der Waals surface area (Å²) >= 11 is 0. The molecular formula is C24H34O6. The maximum Gasteiger partial charge on any atom is 0.305 e. The fourth-order valence-corrected chi connectivity index (χ4v) is 4.42. The van der Waals surface area contributed by atoms with Crippen molar-refractivity contribution in [3.63, 3.8) is 0 Å².